The molecular formula is C16H25N3O. The van der Waals surface area contributed by atoms with Crippen molar-refractivity contribution in [2.45, 2.75) is 20.3 Å². The summed E-state index contributed by atoms with van der Waals surface area (Å²) in [5, 5.41) is 0. The van der Waals surface area contributed by atoms with Gasteiger partial charge in [0.2, 0.25) is 0 Å². The summed E-state index contributed by atoms with van der Waals surface area (Å²) < 4.78 is 0. The van der Waals surface area contributed by atoms with Crippen molar-refractivity contribution in [3.05, 3.63) is 23.8 Å². The van der Waals surface area contributed by atoms with E-state index in [1.165, 1.54) is 6.42 Å². The van der Waals surface area contributed by atoms with Crippen LogP contribution in [-0.4, -0.2) is 38.0 Å². The summed E-state index contributed by atoms with van der Waals surface area (Å²) in [6, 6.07) is 5.58. The van der Waals surface area contributed by atoms with Crippen LogP contribution in [0.4, 0.5) is 11.4 Å². The van der Waals surface area contributed by atoms with Gasteiger partial charge in [-0.3, -0.25) is 4.79 Å². The number of hydrogen-bond donors (Lipinski definition) is 1. The van der Waals surface area contributed by atoms with Gasteiger partial charge < -0.3 is 15.5 Å². The first-order chi connectivity index (χ1) is 9.40. The second-order valence-corrected chi connectivity index (χ2v) is 6.21. The van der Waals surface area contributed by atoms with E-state index in [1.807, 2.05) is 12.1 Å². The molecule has 1 fully saturated rings. The van der Waals surface area contributed by atoms with Gasteiger partial charge in [0.15, 0.2) is 0 Å². The number of nitrogens with zero attached hydrogens (tertiary/aromatic N) is 2. The number of rotatable bonds is 3. The quantitative estimate of drug-likeness (QED) is 0.862. The largest absolute Gasteiger partial charge is 0.397 e. The first-order valence-corrected chi connectivity index (χ1v) is 7.26. The van der Waals surface area contributed by atoms with Gasteiger partial charge in [-0.15, -0.1) is 0 Å². The van der Waals surface area contributed by atoms with Crippen molar-refractivity contribution < 1.29 is 4.79 Å². The highest BCUT2D eigenvalue weighted by Gasteiger charge is 2.26. The second-order valence-electron chi connectivity index (χ2n) is 6.21. The fourth-order valence-corrected chi connectivity index (χ4v) is 2.76. The molecule has 2 N–H and O–H groups in total. The maximum Gasteiger partial charge on any atom is 0.253 e. The van der Waals surface area contributed by atoms with E-state index in [1.54, 1.807) is 25.1 Å². The van der Waals surface area contributed by atoms with Crippen molar-refractivity contribution in [1.82, 2.24) is 4.90 Å². The lowest BCUT2D eigenvalue weighted by molar-refractivity contribution is 0.0827. The first-order valence-electron chi connectivity index (χ1n) is 7.26. The Morgan fingerprint density at radius 1 is 1.40 bits per heavy atom. The third-order valence-corrected chi connectivity index (χ3v) is 4.19. The summed E-state index contributed by atoms with van der Waals surface area (Å²) in [5.74, 6) is 1.42. The highest BCUT2D eigenvalue weighted by atomic mass is 16.2. The monoisotopic (exact) mass is 275 g/mol. The molecule has 20 heavy (non-hydrogen) atoms. The van der Waals surface area contributed by atoms with Gasteiger partial charge in [0.1, 0.15) is 0 Å². The maximum absolute atomic E-state index is 12.1. The fraction of sp³-hybridized carbons (Fsp3) is 0.562. The zero-order valence-corrected chi connectivity index (χ0v) is 12.9. The summed E-state index contributed by atoms with van der Waals surface area (Å²) in [6.07, 6.45) is 1.20. The van der Waals surface area contributed by atoms with Gasteiger partial charge in [-0.05, 0) is 36.5 Å². The molecule has 2 rings (SSSR count). The van der Waals surface area contributed by atoms with E-state index in [2.05, 4.69) is 18.7 Å². The molecule has 1 heterocycles. The van der Waals surface area contributed by atoms with E-state index < -0.39 is 0 Å². The molecule has 0 saturated carbocycles. The van der Waals surface area contributed by atoms with Gasteiger partial charge in [0.05, 0.1) is 11.4 Å². The number of carbonyl (C=O) groups excluding carboxylic acids is 1. The van der Waals surface area contributed by atoms with E-state index in [4.69, 9.17) is 5.73 Å². The molecule has 0 aromatic heterocycles. The average Bonchev–Trinajstić information content (AvgIpc) is 2.88. The Kier molecular flexibility index (Phi) is 4.21. The Labute approximate surface area is 121 Å². The van der Waals surface area contributed by atoms with Crippen LogP contribution in [0, 0.1) is 11.8 Å². The molecule has 110 valence electrons. The normalized spacial score (nSPS) is 18.6. The van der Waals surface area contributed by atoms with Gasteiger partial charge >= 0.3 is 0 Å². The molecule has 1 aliphatic rings. The summed E-state index contributed by atoms with van der Waals surface area (Å²) in [6.45, 7) is 6.58. The van der Waals surface area contributed by atoms with E-state index in [0.717, 1.165) is 24.5 Å². The van der Waals surface area contributed by atoms with Crippen LogP contribution in [0.5, 0.6) is 0 Å². The summed E-state index contributed by atoms with van der Waals surface area (Å²) in [7, 11) is 3.53. The van der Waals surface area contributed by atoms with Crippen LogP contribution < -0.4 is 10.6 Å². The van der Waals surface area contributed by atoms with Crippen molar-refractivity contribution in [3.8, 4) is 0 Å². The van der Waals surface area contributed by atoms with Crippen molar-refractivity contribution in [3.63, 3.8) is 0 Å². The lowest BCUT2D eigenvalue weighted by Gasteiger charge is -2.23. The predicted molar refractivity (Wildman–Crippen MR) is 84.0 cm³/mol. The third-order valence-electron chi connectivity index (χ3n) is 4.19. The minimum absolute atomic E-state index is 0.0193. The van der Waals surface area contributed by atoms with E-state index >= 15 is 0 Å². The highest BCUT2D eigenvalue weighted by Crippen LogP contribution is 2.32. The molecule has 1 aromatic carbocycles. The van der Waals surface area contributed by atoms with Crippen LogP contribution in [0.25, 0.3) is 0 Å². The number of carbonyl (C=O) groups is 1. The van der Waals surface area contributed by atoms with Crippen molar-refractivity contribution >= 4 is 17.3 Å². The van der Waals surface area contributed by atoms with E-state index in [0.29, 0.717) is 17.4 Å². The molecule has 4 nitrogen and oxygen atoms in total. The molecule has 1 atom stereocenters. The summed E-state index contributed by atoms with van der Waals surface area (Å²) >= 11 is 0. The SMILES string of the molecule is CC(C)C1CCN(c2cc(C(=O)N(C)C)ccc2N)C1. The molecule has 0 aliphatic carbocycles. The molecule has 4 heteroatoms. The predicted octanol–water partition coefficient (Wildman–Crippen LogP) is 2.45. The Morgan fingerprint density at radius 3 is 2.65 bits per heavy atom. The Bertz CT molecular complexity index is 496. The van der Waals surface area contributed by atoms with Crippen LogP contribution in [0.15, 0.2) is 18.2 Å². The summed E-state index contributed by atoms with van der Waals surface area (Å²) in [5.41, 5.74) is 8.56. The summed E-state index contributed by atoms with van der Waals surface area (Å²) in [4.78, 5) is 16.0. The molecule has 0 bridgehead atoms. The average molecular weight is 275 g/mol. The van der Waals surface area contributed by atoms with Crippen LogP contribution >= 0.6 is 0 Å². The van der Waals surface area contributed by atoms with Crippen molar-refractivity contribution in [2.24, 2.45) is 11.8 Å². The van der Waals surface area contributed by atoms with Crippen molar-refractivity contribution in [1.29, 1.82) is 0 Å². The van der Waals surface area contributed by atoms with Crippen LogP contribution in [0.1, 0.15) is 30.6 Å². The molecule has 1 saturated heterocycles. The topological polar surface area (TPSA) is 49.6 Å². The number of anilines is 2. The molecule has 0 radical (unpaired) electrons. The fourth-order valence-electron chi connectivity index (χ4n) is 2.76. The first kappa shape index (κ1) is 14.7. The van der Waals surface area contributed by atoms with Crippen LogP contribution in [0.3, 0.4) is 0 Å². The molecular weight excluding hydrogens is 250 g/mol. The third kappa shape index (κ3) is 2.89. The van der Waals surface area contributed by atoms with E-state index in [-0.39, 0.29) is 5.91 Å². The van der Waals surface area contributed by atoms with Gasteiger partial charge in [-0.2, -0.15) is 0 Å². The Balaban J connectivity index is 2.24. The maximum atomic E-state index is 12.1. The van der Waals surface area contributed by atoms with Crippen LogP contribution in [-0.2, 0) is 0 Å². The molecule has 1 amide bonds. The highest BCUT2D eigenvalue weighted by molar-refractivity contribution is 5.96. The number of nitrogen functional groups attached to an aromatic ring is 1. The van der Waals surface area contributed by atoms with E-state index in [9.17, 15) is 4.79 Å². The van der Waals surface area contributed by atoms with Gasteiger partial charge in [-0.25, -0.2) is 0 Å². The number of hydrogen-bond acceptors (Lipinski definition) is 3. The second kappa shape index (κ2) is 5.73. The van der Waals surface area contributed by atoms with Gasteiger partial charge in [-0.1, -0.05) is 13.8 Å². The minimum atomic E-state index is 0.0193. The molecule has 1 aromatic rings. The minimum Gasteiger partial charge on any atom is -0.397 e. The Morgan fingerprint density at radius 2 is 2.10 bits per heavy atom. The number of nitrogens with two attached hydrogens (primary N) is 1. The molecule has 1 unspecified atom stereocenters. The zero-order valence-electron chi connectivity index (χ0n) is 12.9. The zero-order chi connectivity index (χ0) is 14.9. The number of amides is 1. The lowest BCUT2D eigenvalue weighted by atomic mass is 9.95. The van der Waals surface area contributed by atoms with Crippen LogP contribution in [0.2, 0.25) is 0 Å². The molecule has 0 spiro atoms. The van der Waals surface area contributed by atoms with Gasteiger partial charge in [0, 0.05) is 32.7 Å². The molecule has 1 aliphatic heterocycles. The van der Waals surface area contributed by atoms with Gasteiger partial charge in [0.25, 0.3) is 5.91 Å². The van der Waals surface area contributed by atoms with Crippen molar-refractivity contribution in [2.75, 3.05) is 37.8 Å². The number of benzene rings is 1. The Hall–Kier alpha value is -1.71. The standard InChI is InChI=1S/C16H25N3O/c1-11(2)13-7-8-19(10-13)15-9-12(5-6-14(15)17)16(20)18(3)4/h5-6,9,11,13H,7-8,10,17H2,1-4H3. The smallest absolute Gasteiger partial charge is 0.253 e. The lowest BCUT2D eigenvalue weighted by Crippen LogP contribution is -2.24.